The molecule has 6 nitrogen and oxygen atoms in total. The van der Waals surface area contributed by atoms with Crippen molar-refractivity contribution in [1.82, 2.24) is 14.8 Å². The van der Waals surface area contributed by atoms with Crippen LogP contribution >= 0.6 is 11.6 Å². The number of anilines is 1. The molecule has 0 saturated carbocycles. The Hall–Kier alpha value is -2.13. The Balaban J connectivity index is 1.87. The maximum atomic E-state index is 12.6. The van der Waals surface area contributed by atoms with E-state index in [2.05, 4.69) is 10.1 Å². The molecule has 2 aromatic heterocycles. The molecule has 26 heavy (non-hydrogen) atoms. The van der Waals surface area contributed by atoms with Gasteiger partial charge in [0.25, 0.3) is 5.56 Å². The average molecular weight is 389 g/mol. The van der Waals surface area contributed by atoms with Gasteiger partial charge in [-0.1, -0.05) is 11.6 Å². The van der Waals surface area contributed by atoms with Crippen LogP contribution in [0.4, 0.5) is 18.9 Å². The lowest BCUT2D eigenvalue weighted by molar-refractivity contribution is -0.137. The zero-order valence-electron chi connectivity index (χ0n) is 13.6. The van der Waals surface area contributed by atoms with E-state index >= 15 is 0 Å². The van der Waals surface area contributed by atoms with Crippen molar-refractivity contribution in [2.24, 2.45) is 5.92 Å². The third-order valence-electron chi connectivity index (χ3n) is 4.41. The highest BCUT2D eigenvalue weighted by molar-refractivity contribution is 6.33. The van der Waals surface area contributed by atoms with Crippen molar-refractivity contribution < 1.29 is 18.3 Å². The molecule has 140 valence electrons. The van der Waals surface area contributed by atoms with Gasteiger partial charge in [0.2, 0.25) is 0 Å². The Bertz CT molecular complexity index is 831. The molecule has 10 heteroatoms. The van der Waals surface area contributed by atoms with E-state index in [0.29, 0.717) is 25.0 Å². The van der Waals surface area contributed by atoms with E-state index in [4.69, 9.17) is 11.6 Å². The van der Waals surface area contributed by atoms with E-state index in [1.54, 1.807) is 0 Å². The maximum Gasteiger partial charge on any atom is 0.417 e. The first-order valence-electron chi connectivity index (χ1n) is 7.98. The zero-order chi connectivity index (χ0) is 18.9. The fraction of sp³-hybridized carbons (Fsp3) is 0.438. The number of rotatable bonds is 3. The fourth-order valence-corrected chi connectivity index (χ4v) is 3.09. The van der Waals surface area contributed by atoms with E-state index < -0.39 is 17.3 Å². The highest BCUT2D eigenvalue weighted by atomic mass is 35.5. The molecule has 2 aromatic rings. The smallest absolute Gasteiger partial charge is 0.396 e. The number of pyridine rings is 1. The molecule has 0 unspecified atom stereocenters. The van der Waals surface area contributed by atoms with E-state index in [-0.39, 0.29) is 23.4 Å². The molecule has 0 radical (unpaired) electrons. The minimum Gasteiger partial charge on any atom is -0.396 e. The van der Waals surface area contributed by atoms with Gasteiger partial charge >= 0.3 is 6.18 Å². The third kappa shape index (κ3) is 3.68. The summed E-state index contributed by atoms with van der Waals surface area (Å²) in [6, 6.07) is 1.90. The van der Waals surface area contributed by atoms with Crippen molar-refractivity contribution >= 4 is 17.3 Å². The lowest BCUT2D eigenvalue weighted by Gasteiger charge is -2.32. The molecule has 1 aliphatic heterocycles. The Morgan fingerprint density at radius 3 is 2.46 bits per heavy atom. The average Bonchev–Trinajstić information content (AvgIpc) is 2.63. The van der Waals surface area contributed by atoms with Crippen molar-refractivity contribution in [2.75, 3.05) is 24.6 Å². The summed E-state index contributed by atoms with van der Waals surface area (Å²) in [7, 11) is 0. The second-order valence-corrected chi connectivity index (χ2v) is 6.45. The van der Waals surface area contributed by atoms with Crippen molar-refractivity contribution in [3.05, 3.63) is 45.5 Å². The van der Waals surface area contributed by atoms with Crippen molar-refractivity contribution in [3.63, 3.8) is 0 Å². The molecule has 0 atom stereocenters. The van der Waals surface area contributed by atoms with E-state index in [1.165, 1.54) is 6.20 Å². The highest BCUT2D eigenvalue weighted by Crippen LogP contribution is 2.29. The minimum atomic E-state index is -4.51. The molecule has 1 aliphatic rings. The number of aromatic nitrogens is 3. The quantitative estimate of drug-likeness (QED) is 0.874. The zero-order valence-corrected chi connectivity index (χ0v) is 14.3. The predicted octanol–water partition coefficient (Wildman–Crippen LogP) is 2.51. The number of nitrogens with zero attached hydrogens (tertiary/aromatic N) is 4. The van der Waals surface area contributed by atoms with Gasteiger partial charge in [0.15, 0.2) is 5.82 Å². The third-order valence-corrected chi connectivity index (χ3v) is 4.76. The molecule has 1 fully saturated rings. The van der Waals surface area contributed by atoms with Crippen LogP contribution in [0.2, 0.25) is 5.02 Å². The number of aliphatic hydroxyl groups excluding tert-OH is 1. The van der Waals surface area contributed by atoms with Gasteiger partial charge < -0.3 is 10.0 Å². The number of aliphatic hydroxyl groups is 1. The van der Waals surface area contributed by atoms with Gasteiger partial charge in [-0.25, -0.2) is 4.98 Å². The SMILES string of the molecule is O=c1c(Cl)c(N2CCC(CO)CC2)cnn1-c1ccc(C(F)(F)F)cn1. The molecule has 3 heterocycles. The van der Waals surface area contributed by atoms with Gasteiger partial charge in [0.1, 0.15) is 5.02 Å². The van der Waals surface area contributed by atoms with Gasteiger partial charge in [-0.2, -0.15) is 23.0 Å². The summed E-state index contributed by atoms with van der Waals surface area (Å²) in [5, 5.41) is 13.1. The van der Waals surface area contributed by atoms with Crippen LogP contribution in [0.5, 0.6) is 0 Å². The van der Waals surface area contributed by atoms with E-state index in [1.807, 2.05) is 4.90 Å². The first-order chi connectivity index (χ1) is 12.3. The predicted molar refractivity (Wildman–Crippen MR) is 89.7 cm³/mol. The summed E-state index contributed by atoms with van der Waals surface area (Å²) < 4.78 is 38.7. The van der Waals surface area contributed by atoms with Gasteiger partial charge in [-0.3, -0.25) is 4.79 Å². The first kappa shape index (κ1) is 18.7. The summed E-state index contributed by atoms with van der Waals surface area (Å²) in [6.07, 6.45) is -0.911. The van der Waals surface area contributed by atoms with Crippen molar-refractivity contribution in [2.45, 2.75) is 19.0 Å². The lowest BCUT2D eigenvalue weighted by Crippen LogP contribution is -2.36. The Morgan fingerprint density at radius 1 is 1.23 bits per heavy atom. The van der Waals surface area contributed by atoms with Crippen LogP contribution < -0.4 is 10.5 Å². The standard InChI is InChI=1S/C16H16ClF3N4O2/c17-14-12(23-5-3-10(9-25)4-6-23)8-22-24(15(14)26)13-2-1-11(7-21-13)16(18,19)20/h1-2,7-8,10,25H,3-6,9H2. The molecule has 0 aliphatic carbocycles. The van der Waals surface area contributed by atoms with Crippen LogP contribution in [0, 0.1) is 5.92 Å². The van der Waals surface area contributed by atoms with Crippen LogP contribution in [-0.2, 0) is 6.18 Å². The topological polar surface area (TPSA) is 71.2 Å². The lowest BCUT2D eigenvalue weighted by atomic mass is 9.98. The molecular weight excluding hydrogens is 373 g/mol. The van der Waals surface area contributed by atoms with Crippen molar-refractivity contribution in [3.8, 4) is 5.82 Å². The van der Waals surface area contributed by atoms with Gasteiger partial charge in [-0.05, 0) is 30.9 Å². The molecule has 0 aromatic carbocycles. The number of halogens is 4. The van der Waals surface area contributed by atoms with Crippen LogP contribution in [0.25, 0.3) is 5.82 Å². The number of hydrogen-bond donors (Lipinski definition) is 1. The van der Waals surface area contributed by atoms with Gasteiger partial charge in [-0.15, -0.1) is 0 Å². The van der Waals surface area contributed by atoms with Gasteiger partial charge in [0.05, 0.1) is 17.4 Å². The largest absolute Gasteiger partial charge is 0.417 e. The summed E-state index contributed by atoms with van der Waals surface area (Å²) in [5.41, 5.74) is -1.10. The highest BCUT2D eigenvalue weighted by Gasteiger charge is 2.31. The summed E-state index contributed by atoms with van der Waals surface area (Å²) >= 11 is 6.18. The van der Waals surface area contributed by atoms with Gasteiger partial charge in [0, 0.05) is 25.9 Å². The first-order valence-corrected chi connectivity index (χ1v) is 8.36. The minimum absolute atomic E-state index is 0.0459. The number of alkyl halides is 3. The molecular formula is C16H16ClF3N4O2. The van der Waals surface area contributed by atoms with Crippen molar-refractivity contribution in [1.29, 1.82) is 0 Å². The molecule has 0 amide bonds. The Labute approximate surface area is 151 Å². The maximum absolute atomic E-state index is 12.6. The molecule has 1 saturated heterocycles. The normalized spacial score (nSPS) is 16.1. The Kier molecular flexibility index (Phi) is 5.19. The second kappa shape index (κ2) is 7.24. The van der Waals surface area contributed by atoms with Crippen LogP contribution in [0.1, 0.15) is 18.4 Å². The second-order valence-electron chi connectivity index (χ2n) is 6.08. The molecule has 0 bridgehead atoms. The Morgan fingerprint density at radius 2 is 1.92 bits per heavy atom. The molecule has 3 rings (SSSR count). The van der Waals surface area contributed by atoms with Crippen LogP contribution in [0.3, 0.4) is 0 Å². The molecule has 0 spiro atoms. The summed E-state index contributed by atoms with van der Waals surface area (Å²) in [6.45, 7) is 1.39. The summed E-state index contributed by atoms with van der Waals surface area (Å²) in [4.78, 5) is 18.0. The van der Waals surface area contributed by atoms with E-state index in [0.717, 1.165) is 29.7 Å². The van der Waals surface area contributed by atoms with Crippen LogP contribution in [-0.4, -0.2) is 39.6 Å². The summed E-state index contributed by atoms with van der Waals surface area (Å²) in [5.74, 6) is 0.185. The van der Waals surface area contributed by atoms with E-state index in [9.17, 15) is 23.1 Å². The van der Waals surface area contributed by atoms with Crippen LogP contribution in [0.15, 0.2) is 29.3 Å². The monoisotopic (exact) mass is 388 g/mol. The number of hydrogen-bond acceptors (Lipinski definition) is 5. The fourth-order valence-electron chi connectivity index (χ4n) is 2.84. The molecule has 1 N–H and O–H groups in total. The number of piperidine rings is 1.